The van der Waals surface area contributed by atoms with E-state index in [1.807, 2.05) is 0 Å². The van der Waals surface area contributed by atoms with Gasteiger partial charge in [0.15, 0.2) is 9.84 Å². The summed E-state index contributed by atoms with van der Waals surface area (Å²) in [6.45, 7) is 0.177. The van der Waals surface area contributed by atoms with Crippen molar-refractivity contribution in [1.29, 1.82) is 0 Å². The number of aliphatic hydroxyl groups excluding tert-OH is 1. The molecule has 2 amide bonds. The molecule has 1 aliphatic heterocycles. The van der Waals surface area contributed by atoms with E-state index in [1.165, 1.54) is 29.2 Å². The molecule has 2 N–H and O–H groups in total. The summed E-state index contributed by atoms with van der Waals surface area (Å²) in [4.78, 5) is 27.6. The normalized spacial score (nSPS) is 22.6. The van der Waals surface area contributed by atoms with Gasteiger partial charge in [-0.15, -0.1) is 0 Å². The Balaban J connectivity index is 1.60. The maximum Gasteiger partial charge on any atom is 0.419 e. The summed E-state index contributed by atoms with van der Waals surface area (Å²) in [7, 11) is -3.60. The van der Waals surface area contributed by atoms with E-state index < -0.39 is 74.7 Å². The molecule has 1 saturated carbocycles. The summed E-state index contributed by atoms with van der Waals surface area (Å²) in [5, 5.41) is 12.3. The monoisotopic (exact) mass is 560 g/mol. The van der Waals surface area contributed by atoms with Crippen molar-refractivity contribution in [2.45, 2.75) is 54.9 Å². The molecule has 2 aliphatic rings. The van der Waals surface area contributed by atoms with Crippen LogP contribution in [0, 0.1) is 17.6 Å². The van der Waals surface area contributed by atoms with Crippen molar-refractivity contribution < 1.29 is 45.1 Å². The van der Waals surface area contributed by atoms with Gasteiger partial charge in [-0.1, -0.05) is 6.07 Å². The first-order chi connectivity index (χ1) is 17.7. The predicted molar refractivity (Wildman–Crippen MR) is 125 cm³/mol. The number of halogens is 5. The molecule has 7 nitrogen and oxygen atoms in total. The number of aliphatic hydroxyl groups is 1. The first-order valence-corrected chi connectivity index (χ1v) is 13.7. The van der Waals surface area contributed by atoms with Crippen LogP contribution in [-0.4, -0.2) is 55.2 Å². The quantitative estimate of drug-likeness (QED) is 0.526. The Morgan fingerprint density at radius 1 is 1.11 bits per heavy atom. The van der Waals surface area contributed by atoms with Gasteiger partial charge in [-0.2, -0.15) is 13.2 Å². The summed E-state index contributed by atoms with van der Waals surface area (Å²) in [5.74, 6) is -4.95. The number of rotatable bonds is 6. The van der Waals surface area contributed by atoms with Crippen LogP contribution in [0.15, 0.2) is 41.3 Å². The van der Waals surface area contributed by atoms with Crippen LogP contribution in [-0.2, 0) is 20.8 Å². The molecule has 4 rings (SSSR count). The van der Waals surface area contributed by atoms with Gasteiger partial charge in [0.1, 0.15) is 17.7 Å². The number of sulfone groups is 1. The Kier molecular flexibility index (Phi) is 7.54. The van der Waals surface area contributed by atoms with E-state index in [9.17, 15) is 45.1 Å². The number of carbonyl (C=O) groups excluding carboxylic acids is 2. The molecular formula is C25H25F5N2O5S. The number of carbonyl (C=O) groups is 2. The van der Waals surface area contributed by atoms with Crippen LogP contribution < -0.4 is 5.32 Å². The summed E-state index contributed by atoms with van der Waals surface area (Å²) in [6.07, 6.45) is -4.00. The van der Waals surface area contributed by atoms with Gasteiger partial charge in [-0.3, -0.25) is 9.59 Å². The lowest BCUT2D eigenvalue weighted by Gasteiger charge is -2.39. The molecule has 2 aromatic carbocycles. The number of hydrogen-bond donors (Lipinski definition) is 2. The van der Waals surface area contributed by atoms with Crippen LogP contribution in [0.2, 0.25) is 0 Å². The van der Waals surface area contributed by atoms with Crippen molar-refractivity contribution in [3.05, 3.63) is 64.7 Å². The summed E-state index contributed by atoms with van der Waals surface area (Å²) < 4.78 is 92.0. The molecular weight excluding hydrogens is 535 g/mol. The largest absolute Gasteiger partial charge is 0.419 e. The fraction of sp³-hybridized carbons (Fsp3) is 0.440. The summed E-state index contributed by atoms with van der Waals surface area (Å²) >= 11 is 0. The highest BCUT2D eigenvalue weighted by Crippen LogP contribution is 2.41. The number of likely N-dealkylation sites (tertiary alicyclic amines) is 1. The van der Waals surface area contributed by atoms with E-state index in [1.54, 1.807) is 0 Å². The summed E-state index contributed by atoms with van der Waals surface area (Å²) in [6, 6.07) is 3.51. The molecule has 2 atom stereocenters. The number of benzene rings is 2. The second kappa shape index (κ2) is 10.3. The molecule has 206 valence electrons. The Morgan fingerprint density at radius 3 is 2.39 bits per heavy atom. The van der Waals surface area contributed by atoms with E-state index in [0.29, 0.717) is 12.5 Å². The highest BCUT2D eigenvalue weighted by atomic mass is 32.2. The van der Waals surface area contributed by atoms with Gasteiger partial charge in [0, 0.05) is 23.9 Å². The number of nitrogens with zero attached hydrogens (tertiary/aromatic N) is 1. The minimum absolute atomic E-state index is 0.0408. The molecule has 1 unspecified atom stereocenters. The van der Waals surface area contributed by atoms with Gasteiger partial charge in [-0.25, -0.2) is 17.2 Å². The van der Waals surface area contributed by atoms with E-state index in [0.717, 1.165) is 6.26 Å². The van der Waals surface area contributed by atoms with Crippen LogP contribution in [0.4, 0.5) is 22.0 Å². The fourth-order valence-corrected chi connectivity index (χ4v) is 5.59. The maximum atomic E-state index is 14.8. The molecule has 1 heterocycles. The summed E-state index contributed by atoms with van der Waals surface area (Å²) in [5.41, 5.74) is -2.22. The lowest BCUT2D eigenvalue weighted by atomic mass is 9.74. The molecule has 13 heteroatoms. The zero-order chi connectivity index (χ0) is 28.0. The predicted octanol–water partition coefficient (Wildman–Crippen LogP) is 3.62. The van der Waals surface area contributed by atoms with Gasteiger partial charge in [0.2, 0.25) is 5.91 Å². The molecule has 0 spiro atoms. The second-order valence-corrected chi connectivity index (χ2v) is 11.7. The smallest absolute Gasteiger partial charge is 0.393 e. The lowest BCUT2D eigenvalue weighted by molar-refractivity contribution is -0.140. The van der Waals surface area contributed by atoms with Crippen LogP contribution in [0.1, 0.15) is 53.2 Å². The first kappa shape index (κ1) is 28.0. The Labute approximate surface area is 215 Å². The van der Waals surface area contributed by atoms with Crippen molar-refractivity contribution in [1.82, 2.24) is 10.2 Å². The topological polar surface area (TPSA) is 104 Å². The minimum atomic E-state index is -5.12. The van der Waals surface area contributed by atoms with E-state index in [4.69, 9.17) is 0 Å². The third kappa shape index (κ3) is 5.68. The highest BCUT2D eigenvalue weighted by molar-refractivity contribution is 7.90. The third-order valence-corrected chi connectivity index (χ3v) is 8.08. The molecule has 1 saturated heterocycles. The average molecular weight is 561 g/mol. The third-order valence-electron chi connectivity index (χ3n) is 6.97. The molecule has 0 bridgehead atoms. The van der Waals surface area contributed by atoms with Gasteiger partial charge >= 0.3 is 6.18 Å². The number of nitrogens with one attached hydrogen (secondary N) is 1. The fourth-order valence-electron chi connectivity index (χ4n) is 4.93. The van der Waals surface area contributed by atoms with Crippen molar-refractivity contribution in [2.75, 3.05) is 12.8 Å². The van der Waals surface area contributed by atoms with E-state index in [-0.39, 0.29) is 42.3 Å². The van der Waals surface area contributed by atoms with Crippen molar-refractivity contribution in [3.63, 3.8) is 0 Å². The van der Waals surface area contributed by atoms with Crippen LogP contribution in [0.3, 0.4) is 0 Å². The lowest BCUT2D eigenvalue weighted by Crippen LogP contribution is -2.49. The van der Waals surface area contributed by atoms with E-state index in [2.05, 4.69) is 5.32 Å². The zero-order valence-electron chi connectivity index (χ0n) is 20.1. The minimum Gasteiger partial charge on any atom is -0.393 e. The standard InChI is InChI=1S/C25H25F5N2O5S/c1-38(36,37)16-5-2-4-13(10-16)24(35)32-7-3-6-21(32)23(34)31-22(14-8-15(33)9-14)17-11-20(27)18(12-19(17)26)25(28,29)30/h2,4-5,10-12,14-15,21-22,33H,3,6-9H2,1H3,(H,31,34)/t14?,15?,21?,22-/m1/s1. The van der Waals surface area contributed by atoms with Gasteiger partial charge in [0.05, 0.1) is 22.6 Å². The van der Waals surface area contributed by atoms with Crippen molar-refractivity contribution >= 4 is 21.7 Å². The molecule has 2 aromatic rings. The van der Waals surface area contributed by atoms with Gasteiger partial charge in [0.25, 0.3) is 5.91 Å². The number of alkyl halides is 3. The highest BCUT2D eigenvalue weighted by Gasteiger charge is 2.42. The van der Waals surface area contributed by atoms with Crippen LogP contribution >= 0.6 is 0 Å². The SMILES string of the molecule is CS(=O)(=O)c1cccc(C(=O)N2CCCC2C(=O)N[C@@H](c2cc(F)c(C(F)(F)F)cc2F)C2CC(O)C2)c1. The first-order valence-electron chi connectivity index (χ1n) is 11.8. The molecule has 0 radical (unpaired) electrons. The van der Waals surface area contributed by atoms with E-state index >= 15 is 0 Å². The van der Waals surface area contributed by atoms with Gasteiger partial charge < -0.3 is 15.3 Å². The maximum absolute atomic E-state index is 14.8. The Hall–Kier alpha value is -3.06. The second-order valence-electron chi connectivity index (χ2n) is 9.68. The number of amides is 2. The number of hydrogen-bond acceptors (Lipinski definition) is 5. The van der Waals surface area contributed by atoms with Crippen molar-refractivity contribution in [2.24, 2.45) is 5.92 Å². The average Bonchev–Trinajstić information content (AvgIpc) is 3.30. The zero-order valence-corrected chi connectivity index (χ0v) is 21.0. The molecule has 38 heavy (non-hydrogen) atoms. The molecule has 1 aliphatic carbocycles. The molecule has 2 fully saturated rings. The van der Waals surface area contributed by atoms with Gasteiger partial charge in [-0.05, 0) is 61.9 Å². The van der Waals surface area contributed by atoms with Crippen LogP contribution in [0.25, 0.3) is 0 Å². The molecule has 0 aromatic heterocycles. The Bertz CT molecular complexity index is 1360. The van der Waals surface area contributed by atoms with Crippen LogP contribution in [0.5, 0.6) is 0 Å². The Morgan fingerprint density at radius 2 is 1.79 bits per heavy atom. The van der Waals surface area contributed by atoms with Crippen molar-refractivity contribution in [3.8, 4) is 0 Å².